The van der Waals surface area contributed by atoms with E-state index in [-0.39, 0.29) is 16.9 Å². The fourth-order valence-corrected chi connectivity index (χ4v) is 5.55. The van der Waals surface area contributed by atoms with E-state index in [0.29, 0.717) is 34.5 Å². The van der Waals surface area contributed by atoms with Gasteiger partial charge >= 0.3 is 5.97 Å². The number of anilines is 1. The normalized spacial score (nSPS) is 12.0. The smallest absolute Gasteiger partial charge is 0.326 e. The Morgan fingerprint density at radius 3 is 2.20 bits per heavy atom. The lowest BCUT2D eigenvalue weighted by Crippen LogP contribution is -2.42. The third-order valence-corrected chi connectivity index (χ3v) is 8.17. The van der Waals surface area contributed by atoms with Crippen LogP contribution in [0.3, 0.4) is 0 Å². The molecule has 230 valence electrons. The molecule has 1 atom stereocenters. The van der Waals surface area contributed by atoms with Gasteiger partial charge in [0.05, 0.1) is 21.8 Å². The third kappa shape index (κ3) is 6.78. The molecule has 5 aromatic rings. The van der Waals surface area contributed by atoms with E-state index in [9.17, 15) is 36.7 Å². The van der Waals surface area contributed by atoms with Crippen molar-refractivity contribution in [2.45, 2.75) is 17.4 Å². The second-order valence-electron chi connectivity index (χ2n) is 9.84. The van der Waals surface area contributed by atoms with Crippen LogP contribution in [0, 0.1) is 11.6 Å². The molecule has 5 rings (SSSR count). The summed E-state index contributed by atoms with van der Waals surface area (Å²) in [7, 11) is -2.68. The van der Waals surface area contributed by atoms with Crippen molar-refractivity contribution in [3.8, 4) is 16.8 Å². The standard InChI is InChI=1S/C30H24F2N6O6S/c1-37-11-10-28(39)38(37)21-6-2-18(3-7-21)12-27(30(41)42)35-29(40)23-13-25(32)26(14-24(23)31)36-45(43,44)22-8-4-19(5-9-22)20-15-33-17-34-16-20/h2-11,13-17,27,36H,12H2,1H3,(H,35,40)(H,41,42)/t27-/m0/s1. The Bertz CT molecular complexity index is 2050. The van der Waals surface area contributed by atoms with E-state index < -0.39 is 50.8 Å². The predicted octanol–water partition coefficient (Wildman–Crippen LogP) is 3.14. The lowest BCUT2D eigenvalue weighted by Gasteiger charge is -2.16. The number of hydrogen-bond acceptors (Lipinski definition) is 7. The largest absolute Gasteiger partial charge is 0.480 e. The molecule has 45 heavy (non-hydrogen) atoms. The highest BCUT2D eigenvalue weighted by Crippen LogP contribution is 2.25. The van der Waals surface area contributed by atoms with Crippen molar-refractivity contribution < 1.29 is 31.9 Å². The first-order valence-electron chi connectivity index (χ1n) is 13.2. The van der Waals surface area contributed by atoms with E-state index in [2.05, 4.69) is 15.3 Å². The molecule has 3 aromatic carbocycles. The molecule has 2 aromatic heterocycles. The second kappa shape index (κ2) is 12.5. The van der Waals surface area contributed by atoms with Crippen LogP contribution in [0.25, 0.3) is 16.8 Å². The van der Waals surface area contributed by atoms with Gasteiger partial charge in [0.15, 0.2) is 0 Å². The van der Waals surface area contributed by atoms with Crippen molar-refractivity contribution in [3.63, 3.8) is 0 Å². The monoisotopic (exact) mass is 634 g/mol. The molecule has 0 radical (unpaired) electrons. The minimum atomic E-state index is -4.36. The van der Waals surface area contributed by atoms with Crippen LogP contribution in [0.1, 0.15) is 15.9 Å². The van der Waals surface area contributed by atoms with Crippen molar-refractivity contribution in [2.24, 2.45) is 7.05 Å². The van der Waals surface area contributed by atoms with E-state index in [0.717, 1.165) is 0 Å². The number of carboxylic acids is 1. The van der Waals surface area contributed by atoms with Gasteiger partial charge in [0, 0.05) is 49.8 Å². The maximum atomic E-state index is 15.0. The topological polar surface area (TPSA) is 165 Å². The fraction of sp³-hybridized carbons (Fsp3) is 0.100. The summed E-state index contributed by atoms with van der Waals surface area (Å²) in [6, 6.07) is 12.7. The van der Waals surface area contributed by atoms with Gasteiger partial charge in [-0.3, -0.25) is 19.0 Å². The lowest BCUT2D eigenvalue weighted by molar-refractivity contribution is -0.139. The Hall–Kier alpha value is -5.70. The predicted molar refractivity (Wildman–Crippen MR) is 158 cm³/mol. The number of aryl methyl sites for hydroxylation is 1. The van der Waals surface area contributed by atoms with Crippen LogP contribution in [0.4, 0.5) is 14.5 Å². The number of hydrogen-bond donors (Lipinski definition) is 3. The molecule has 0 aliphatic carbocycles. The number of nitrogens with zero attached hydrogens (tertiary/aromatic N) is 4. The number of carbonyl (C=O) groups excluding carboxylic acids is 1. The second-order valence-corrected chi connectivity index (χ2v) is 11.5. The van der Waals surface area contributed by atoms with Crippen molar-refractivity contribution >= 4 is 27.6 Å². The van der Waals surface area contributed by atoms with Crippen LogP contribution in [-0.2, 0) is 28.3 Å². The molecule has 0 bridgehead atoms. The number of aliphatic carboxylic acids is 1. The Morgan fingerprint density at radius 2 is 1.60 bits per heavy atom. The molecule has 0 saturated heterocycles. The van der Waals surface area contributed by atoms with Gasteiger partial charge in [0.1, 0.15) is 24.0 Å². The first-order valence-corrected chi connectivity index (χ1v) is 14.7. The number of rotatable bonds is 10. The van der Waals surface area contributed by atoms with Gasteiger partial charge < -0.3 is 10.4 Å². The quantitative estimate of drug-likeness (QED) is 0.211. The highest BCUT2D eigenvalue weighted by atomic mass is 32.2. The molecule has 0 unspecified atom stereocenters. The van der Waals surface area contributed by atoms with E-state index in [1.165, 1.54) is 53.7 Å². The number of nitrogens with one attached hydrogen (secondary N) is 2. The van der Waals surface area contributed by atoms with Gasteiger partial charge in [-0.25, -0.2) is 36.6 Å². The van der Waals surface area contributed by atoms with Crippen molar-refractivity contribution in [2.75, 3.05) is 4.72 Å². The number of halogens is 2. The Labute approximate surface area is 254 Å². The Kier molecular flexibility index (Phi) is 8.54. The molecule has 12 nitrogen and oxygen atoms in total. The molecule has 0 aliphatic heterocycles. The average Bonchev–Trinajstić information content (AvgIpc) is 3.36. The highest BCUT2D eigenvalue weighted by Gasteiger charge is 2.25. The van der Waals surface area contributed by atoms with Crippen molar-refractivity contribution in [1.29, 1.82) is 0 Å². The molecule has 0 spiro atoms. The lowest BCUT2D eigenvalue weighted by atomic mass is 10.0. The third-order valence-electron chi connectivity index (χ3n) is 6.79. The highest BCUT2D eigenvalue weighted by molar-refractivity contribution is 7.92. The summed E-state index contributed by atoms with van der Waals surface area (Å²) < 4.78 is 60.6. The summed E-state index contributed by atoms with van der Waals surface area (Å²) in [4.78, 5) is 44.3. The van der Waals surface area contributed by atoms with E-state index in [1.54, 1.807) is 42.2 Å². The van der Waals surface area contributed by atoms with Gasteiger partial charge in [0.25, 0.3) is 21.5 Å². The first-order chi connectivity index (χ1) is 21.4. The fourth-order valence-electron chi connectivity index (χ4n) is 4.50. The first kappa shape index (κ1) is 30.7. The van der Waals surface area contributed by atoms with Crippen LogP contribution in [-0.4, -0.2) is 50.8 Å². The Balaban J connectivity index is 1.29. The van der Waals surface area contributed by atoms with Gasteiger partial charge in [-0.2, -0.15) is 0 Å². The molecule has 0 fully saturated rings. The minimum absolute atomic E-state index is 0.207. The summed E-state index contributed by atoms with van der Waals surface area (Å²) in [5.41, 5.74) is 0.437. The van der Waals surface area contributed by atoms with Gasteiger partial charge in [-0.15, -0.1) is 0 Å². The van der Waals surface area contributed by atoms with Crippen LogP contribution < -0.4 is 15.6 Å². The van der Waals surface area contributed by atoms with Crippen LogP contribution in [0.5, 0.6) is 0 Å². The number of aromatic nitrogens is 4. The number of sulfonamides is 1. The number of carbonyl (C=O) groups is 2. The summed E-state index contributed by atoms with van der Waals surface area (Å²) in [6.45, 7) is 0. The van der Waals surface area contributed by atoms with Crippen molar-refractivity contribution in [3.05, 3.63) is 125 Å². The van der Waals surface area contributed by atoms with Gasteiger partial charge in [-0.1, -0.05) is 24.3 Å². The van der Waals surface area contributed by atoms with E-state index in [4.69, 9.17) is 0 Å². The SMILES string of the molecule is Cn1ccc(=O)n1-c1ccc(C[C@H](NC(=O)c2cc(F)c(NS(=O)(=O)c3ccc(-c4cncnc4)cc3)cc2F)C(=O)O)cc1. The Morgan fingerprint density at radius 1 is 0.933 bits per heavy atom. The zero-order chi connectivity index (χ0) is 32.3. The molecule has 3 N–H and O–H groups in total. The zero-order valence-electron chi connectivity index (χ0n) is 23.4. The number of benzene rings is 3. The summed E-state index contributed by atoms with van der Waals surface area (Å²) in [5, 5.41) is 11.8. The zero-order valence-corrected chi connectivity index (χ0v) is 24.2. The molecule has 15 heteroatoms. The van der Waals surface area contributed by atoms with Crippen LogP contribution >= 0.6 is 0 Å². The summed E-state index contributed by atoms with van der Waals surface area (Å²) in [5.74, 6) is -5.20. The van der Waals surface area contributed by atoms with E-state index in [1.807, 2.05) is 4.72 Å². The van der Waals surface area contributed by atoms with E-state index >= 15 is 0 Å². The molecule has 2 heterocycles. The van der Waals surface area contributed by atoms with Crippen molar-refractivity contribution in [1.82, 2.24) is 24.6 Å². The van der Waals surface area contributed by atoms with Gasteiger partial charge in [-0.05, 0) is 41.5 Å². The average molecular weight is 635 g/mol. The number of carboxylic acid groups (broad SMARTS) is 1. The summed E-state index contributed by atoms with van der Waals surface area (Å²) in [6.07, 6.45) is 5.80. The molecular formula is C30H24F2N6O6S. The maximum Gasteiger partial charge on any atom is 0.326 e. The summed E-state index contributed by atoms with van der Waals surface area (Å²) >= 11 is 0. The maximum absolute atomic E-state index is 15.0. The molecule has 0 aliphatic rings. The molecule has 1 amide bonds. The molecular weight excluding hydrogens is 610 g/mol. The minimum Gasteiger partial charge on any atom is -0.480 e. The van der Waals surface area contributed by atoms with Crippen LogP contribution in [0.15, 0.2) is 101 Å². The van der Waals surface area contributed by atoms with Crippen LogP contribution in [0.2, 0.25) is 0 Å². The molecule has 0 saturated carbocycles. The number of amides is 1. The van der Waals surface area contributed by atoms with Gasteiger partial charge in [0.2, 0.25) is 0 Å².